The van der Waals surface area contributed by atoms with Crippen LogP contribution in [-0.2, 0) is 6.54 Å². The van der Waals surface area contributed by atoms with E-state index in [9.17, 15) is 4.79 Å². The molecule has 0 aliphatic carbocycles. The molecule has 0 heterocycles. The van der Waals surface area contributed by atoms with Crippen LogP contribution in [0.4, 0.5) is 11.4 Å². The lowest BCUT2D eigenvalue weighted by atomic mass is 10.1. The highest BCUT2D eigenvalue weighted by Crippen LogP contribution is 2.19. The fourth-order valence-electron chi connectivity index (χ4n) is 1.71. The van der Waals surface area contributed by atoms with Crippen molar-refractivity contribution in [3.63, 3.8) is 0 Å². The van der Waals surface area contributed by atoms with Crippen LogP contribution in [-0.4, -0.2) is 5.91 Å². The largest absolute Gasteiger partial charge is 0.399 e. The third kappa shape index (κ3) is 2.79. The van der Waals surface area contributed by atoms with Crippen LogP contribution in [0.15, 0.2) is 48.5 Å². The van der Waals surface area contributed by atoms with Crippen molar-refractivity contribution in [2.45, 2.75) is 6.54 Å². The molecule has 2 rings (SSSR count). The second kappa shape index (κ2) is 5.23. The minimum absolute atomic E-state index is 0.408. The fraction of sp³-hybridized carbons (Fsp3) is 0.0714. The average molecular weight is 241 g/mol. The highest BCUT2D eigenvalue weighted by atomic mass is 16.1. The summed E-state index contributed by atoms with van der Waals surface area (Å²) >= 11 is 0. The Kier molecular flexibility index (Phi) is 3.48. The maximum atomic E-state index is 11.3. The Labute approximate surface area is 106 Å². The van der Waals surface area contributed by atoms with E-state index in [-0.39, 0.29) is 0 Å². The van der Waals surface area contributed by atoms with Crippen molar-refractivity contribution in [1.82, 2.24) is 0 Å². The molecule has 0 spiro atoms. The third-order valence-corrected chi connectivity index (χ3v) is 2.63. The number of hydrogen-bond acceptors (Lipinski definition) is 3. The minimum Gasteiger partial charge on any atom is -0.399 e. The second-order valence-corrected chi connectivity index (χ2v) is 4.01. The van der Waals surface area contributed by atoms with Crippen molar-refractivity contribution < 1.29 is 4.79 Å². The van der Waals surface area contributed by atoms with Crippen LogP contribution in [0.5, 0.6) is 0 Å². The molecular formula is C14H15N3O. The predicted molar refractivity (Wildman–Crippen MR) is 73.1 cm³/mol. The molecule has 1 amide bonds. The van der Waals surface area contributed by atoms with Crippen molar-refractivity contribution >= 4 is 17.3 Å². The monoisotopic (exact) mass is 241 g/mol. The Bertz CT molecular complexity index is 552. The van der Waals surface area contributed by atoms with E-state index in [0.29, 0.717) is 23.5 Å². The number of rotatable bonds is 4. The molecule has 0 bridgehead atoms. The number of nitrogens with one attached hydrogen (secondary N) is 1. The van der Waals surface area contributed by atoms with Crippen LogP contribution in [0.1, 0.15) is 15.9 Å². The van der Waals surface area contributed by atoms with Crippen molar-refractivity contribution in [2.24, 2.45) is 5.73 Å². The van der Waals surface area contributed by atoms with E-state index < -0.39 is 5.91 Å². The Morgan fingerprint density at radius 3 is 2.50 bits per heavy atom. The van der Waals surface area contributed by atoms with Crippen molar-refractivity contribution in [1.29, 1.82) is 0 Å². The molecule has 2 aromatic carbocycles. The number of nitrogens with two attached hydrogens (primary N) is 2. The van der Waals surface area contributed by atoms with E-state index in [2.05, 4.69) is 5.32 Å². The summed E-state index contributed by atoms with van der Waals surface area (Å²) in [6, 6.07) is 15.0. The number of amides is 1. The highest BCUT2D eigenvalue weighted by molar-refractivity contribution is 5.99. The fourth-order valence-corrected chi connectivity index (χ4v) is 1.71. The number of anilines is 2. The molecule has 92 valence electrons. The number of benzene rings is 2. The maximum absolute atomic E-state index is 11.3. The summed E-state index contributed by atoms with van der Waals surface area (Å²) in [5.74, 6) is -0.488. The van der Waals surface area contributed by atoms with Gasteiger partial charge in [0, 0.05) is 17.9 Å². The number of hydrogen-bond donors (Lipinski definition) is 3. The standard InChI is InChI=1S/C14H15N3O/c15-11-6-7-13(12(8-11)14(16)18)17-9-10-4-2-1-3-5-10/h1-8,17H,9,15H2,(H2,16,18). The van der Waals surface area contributed by atoms with E-state index >= 15 is 0 Å². The molecule has 5 N–H and O–H groups in total. The van der Waals surface area contributed by atoms with Gasteiger partial charge in [-0.15, -0.1) is 0 Å². The molecule has 0 aliphatic heterocycles. The normalized spacial score (nSPS) is 10.0. The quantitative estimate of drug-likeness (QED) is 0.716. The first-order valence-corrected chi connectivity index (χ1v) is 5.64. The molecule has 0 saturated carbocycles. The van der Waals surface area contributed by atoms with Crippen LogP contribution in [0, 0.1) is 0 Å². The maximum Gasteiger partial charge on any atom is 0.250 e. The molecule has 0 radical (unpaired) electrons. The van der Waals surface area contributed by atoms with Crippen LogP contribution < -0.4 is 16.8 Å². The smallest absolute Gasteiger partial charge is 0.250 e. The zero-order chi connectivity index (χ0) is 13.0. The van der Waals surface area contributed by atoms with E-state index in [1.165, 1.54) is 0 Å². The van der Waals surface area contributed by atoms with Crippen LogP contribution in [0.2, 0.25) is 0 Å². The molecule has 4 nitrogen and oxygen atoms in total. The summed E-state index contributed by atoms with van der Waals surface area (Å²) in [5, 5.41) is 3.18. The van der Waals surface area contributed by atoms with Gasteiger partial charge in [0.1, 0.15) is 0 Å². The van der Waals surface area contributed by atoms with E-state index in [0.717, 1.165) is 5.56 Å². The van der Waals surface area contributed by atoms with Gasteiger partial charge in [-0.25, -0.2) is 0 Å². The van der Waals surface area contributed by atoms with Gasteiger partial charge in [-0.3, -0.25) is 4.79 Å². The Morgan fingerprint density at radius 1 is 1.11 bits per heavy atom. The summed E-state index contributed by atoms with van der Waals surface area (Å²) < 4.78 is 0. The molecular weight excluding hydrogens is 226 g/mol. The van der Waals surface area contributed by atoms with Crippen molar-refractivity contribution in [3.8, 4) is 0 Å². The number of carbonyl (C=O) groups excluding carboxylic acids is 1. The van der Waals surface area contributed by atoms with Gasteiger partial charge < -0.3 is 16.8 Å². The summed E-state index contributed by atoms with van der Waals surface area (Å²) in [7, 11) is 0. The van der Waals surface area contributed by atoms with Crippen molar-refractivity contribution in [2.75, 3.05) is 11.1 Å². The molecule has 0 aromatic heterocycles. The van der Waals surface area contributed by atoms with Gasteiger partial charge in [-0.1, -0.05) is 30.3 Å². The Morgan fingerprint density at radius 2 is 1.83 bits per heavy atom. The van der Waals surface area contributed by atoms with Crippen LogP contribution in [0.3, 0.4) is 0 Å². The van der Waals surface area contributed by atoms with E-state index in [1.807, 2.05) is 30.3 Å². The molecule has 0 aliphatic rings. The SMILES string of the molecule is NC(=O)c1cc(N)ccc1NCc1ccccc1. The predicted octanol–water partition coefficient (Wildman–Crippen LogP) is 1.98. The summed E-state index contributed by atoms with van der Waals surface area (Å²) in [5.41, 5.74) is 13.7. The second-order valence-electron chi connectivity index (χ2n) is 4.01. The zero-order valence-corrected chi connectivity index (χ0v) is 9.89. The average Bonchev–Trinajstić information content (AvgIpc) is 2.38. The van der Waals surface area contributed by atoms with Gasteiger partial charge in [0.2, 0.25) is 0 Å². The molecule has 0 saturated heterocycles. The Balaban J connectivity index is 2.17. The van der Waals surface area contributed by atoms with Gasteiger partial charge in [0.05, 0.1) is 5.56 Å². The number of nitrogen functional groups attached to an aromatic ring is 1. The minimum atomic E-state index is -0.488. The van der Waals surface area contributed by atoms with Gasteiger partial charge in [-0.05, 0) is 23.8 Å². The first-order valence-electron chi connectivity index (χ1n) is 5.64. The first kappa shape index (κ1) is 12.0. The van der Waals surface area contributed by atoms with Crippen molar-refractivity contribution in [3.05, 3.63) is 59.7 Å². The molecule has 18 heavy (non-hydrogen) atoms. The van der Waals surface area contributed by atoms with Gasteiger partial charge in [0.25, 0.3) is 5.91 Å². The van der Waals surface area contributed by atoms with Crippen LogP contribution >= 0.6 is 0 Å². The lowest BCUT2D eigenvalue weighted by Gasteiger charge is -2.10. The number of primary amides is 1. The zero-order valence-electron chi connectivity index (χ0n) is 9.89. The topological polar surface area (TPSA) is 81.1 Å². The lowest BCUT2D eigenvalue weighted by Crippen LogP contribution is -2.14. The molecule has 0 atom stereocenters. The van der Waals surface area contributed by atoms with Gasteiger partial charge in [0.15, 0.2) is 0 Å². The van der Waals surface area contributed by atoms with Gasteiger partial charge in [-0.2, -0.15) is 0 Å². The number of carbonyl (C=O) groups is 1. The van der Waals surface area contributed by atoms with E-state index in [1.54, 1.807) is 18.2 Å². The Hall–Kier alpha value is -2.49. The van der Waals surface area contributed by atoms with E-state index in [4.69, 9.17) is 11.5 Å². The molecule has 0 fully saturated rings. The summed E-state index contributed by atoms with van der Waals surface area (Å²) in [4.78, 5) is 11.3. The van der Waals surface area contributed by atoms with Crippen LogP contribution in [0.25, 0.3) is 0 Å². The molecule has 0 unspecified atom stereocenters. The molecule has 2 aromatic rings. The summed E-state index contributed by atoms with van der Waals surface area (Å²) in [6.07, 6.45) is 0. The third-order valence-electron chi connectivity index (χ3n) is 2.63. The summed E-state index contributed by atoms with van der Waals surface area (Å²) in [6.45, 7) is 0.630. The first-order chi connectivity index (χ1) is 8.66. The molecule has 4 heteroatoms. The van der Waals surface area contributed by atoms with Gasteiger partial charge >= 0.3 is 0 Å². The lowest BCUT2D eigenvalue weighted by molar-refractivity contribution is 0.100. The highest BCUT2D eigenvalue weighted by Gasteiger charge is 2.08.